The molecular formula is C25H38N4O5. The number of nitrogens with zero attached hydrogens (tertiary/aromatic N) is 2. The lowest BCUT2D eigenvalue weighted by atomic mass is 9.96. The summed E-state index contributed by atoms with van der Waals surface area (Å²) in [7, 11) is 0. The SMILES string of the molecule is CCCCCNC(=O)C(c1ccc(C)cc1C)N(CC#N)C(=O)C(CO)NC(=O)OC(C)(C)C. The summed E-state index contributed by atoms with van der Waals surface area (Å²) < 4.78 is 5.18. The van der Waals surface area contributed by atoms with Gasteiger partial charge in [-0.2, -0.15) is 5.26 Å². The van der Waals surface area contributed by atoms with E-state index in [2.05, 4.69) is 17.6 Å². The van der Waals surface area contributed by atoms with Crippen molar-refractivity contribution in [1.82, 2.24) is 15.5 Å². The van der Waals surface area contributed by atoms with E-state index in [1.165, 1.54) is 0 Å². The van der Waals surface area contributed by atoms with Gasteiger partial charge in [-0.15, -0.1) is 0 Å². The van der Waals surface area contributed by atoms with Gasteiger partial charge in [0.05, 0.1) is 12.7 Å². The summed E-state index contributed by atoms with van der Waals surface area (Å²) in [5.74, 6) is -1.19. The minimum Gasteiger partial charge on any atom is -0.444 e. The van der Waals surface area contributed by atoms with Crippen LogP contribution in [0.25, 0.3) is 0 Å². The molecule has 0 heterocycles. The van der Waals surface area contributed by atoms with Crippen molar-refractivity contribution < 1.29 is 24.2 Å². The van der Waals surface area contributed by atoms with E-state index in [1.807, 2.05) is 32.0 Å². The lowest BCUT2D eigenvalue weighted by Crippen LogP contribution is -2.54. The minimum absolute atomic E-state index is 0.411. The zero-order valence-corrected chi connectivity index (χ0v) is 21.1. The smallest absolute Gasteiger partial charge is 0.408 e. The summed E-state index contributed by atoms with van der Waals surface area (Å²) in [6, 6.07) is 4.92. The number of nitriles is 1. The molecular weight excluding hydrogens is 436 g/mol. The Morgan fingerprint density at radius 2 is 1.88 bits per heavy atom. The lowest BCUT2D eigenvalue weighted by Gasteiger charge is -2.33. The van der Waals surface area contributed by atoms with Gasteiger partial charge in [-0.25, -0.2) is 4.79 Å². The summed E-state index contributed by atoms with van der Waals surface area (Å²) in [5, 5.41) is 24.5. The molecule has 0 aromatic heterocycles. The van der Waals surface area contributed by atoms with Gasteiger partial charge in [0.1, 0.15) is 24.2 Å². The van der Waals surface area contributed by atoms with Crippen LogP contribution in [0.1, 0.15) is 69.7 Å². The summed E-state index contributed by atoms with van der Waals surface area (Å²) in [5.41, 5.74) is 1.53. The van der Waals surface area contributed by atoms with Crippen molar-refractivity contribution in [3.8, 4) is 6.07 Å². The van der Waals surface area contributed by atoms with E-state index >= 15 is 0 Å². The van der Waals surface area contributed by atoms with Gasteiger partial charge in [-0.05, 0) is 52.2 Å². The second kappa shape index (κ2) is 13.6. The van der Waals surface area contributed by atoms with Crippen LogP contribution >= 0.6 is 0 Å². The molecule has 0 saturated heterocycles. The van der Waals surface area contributed by atoms with Crippen LogP contribution in [0.15, 0.2) is 18.2 Å². The maximum absolute atomic E-state index is 13.4. The van der Waals surface area contributed by atoms with Crippen LogP contribution in [0.5, 0.6) is 0 Å². The molecule has 0 saturated carbocycles. The molecule has 1 aromatic carbocycles. The first-order valence-electron chi connectivity index (χ1n) is 11.6. The van der Waals surface area contributed by atoms with Crippen molar-refractivity contribution in [2.75, 3.05) is 19.7 Å². The molecule has 1 aromatic rings. The molecule has 2 atom stereocenters. The largest absolute Gasteiger partial charge is 0.444 e. The number of rotatable bonds is 11. The Bertz CT molecular complexity index is 888. The first kappa shape index (κ1) is 28.9. The molecule has 34 heavy (non-hydrogen) atoms. The molecule has 0 aliphatic heterocycles. The van der Waals surface area contributed by atoms with Crippen LogP contribution < -0.4 is 10.6 Å². The molecule has 3 amide bonds. The van der Waals surface area contributed by atoms with Crippen molar-refractivity contribution in [2.45, 2.75) is 78.5 Å². The standard InChI is InChI=1S/C25H38N4O5/c1-7-8-9-13-27-22(31)21(19-11-10-17(2)15-18(19)3)29(14-12-26)23(32)20(16-30)28-24(33)34-25(4,5)6/h10-11,15,20-21,30H,7-9,13-14,16H2,1-6H3,(H,27,31)(H,28,33). The zero-order valence-electron chi connectivity index (χ0n) is 21.1. The Hall–Kier alpha value is -3.12. The van der Waals surface area contributed by atoms with Gasteiger partial charge < -0.3 is 25.4 Å². The van der Waals surface area contributed by atoms with Crippen molar-refractivity contribution in [3.05, 3.63) is 34.9 Å². The molecule has 0 bridgehead atoms. The highest BCUT2D eigenvalue weighted by molar-refractivity contribution is 5.92. The number of carbonyl (C=O) groups is 3. The zero-order chi connectivity index (χ0) is 25.9. The van der Waals surface area contributed by atoms with Crippen molar-refractivity contribution in [3.63, 3.8) is 0 Å². The molecule has 2 unspecified atom stereocenters. The monoisotopic (exact) mass is 474 g/mol. The van der Waals surface area contributed by atoms with Crippen LogP contribution in [0.2, 0.25) is 0 Å². The number of unbranched alkanes of at least 4 members (excludes halogenated alkanes) is 2. The molecule has 3 N–H and O–H groups in total. The Morgan fingerprint density at radius 1 is 1.21 bits per heavy atom. The fourth-order valence-corrected chi connectivity index (χ4v) is 3.47. The van der Waals surface area contributed by atoms with E-state index in [0.29, 0.717) is 12.1 Å². The van der Waals surface area contributed by atoms with Crippen molar-refractivity contribution in [2.24, 2.45) is 0 Å². The first-order chi connectivity index (χ1) is 15.9. The van der Waals surface area contributed by atoms with Gasteiger partial charge in [0.15, 0.2) is 0 Å². The van der Waals surface area contributed by atoms with Crippen LogP contribution in [0, 0.1) is 25.2 Å². The molecule has 9 heteroatoms. The number of carbonyl (C=O) groups excluding carboxylic acids is 3. The van der Waals surface area contributed by atoms with E-state index in [9.17, 15) is 24.8 Å². The number of hydrogen-bond acceptors (Lipinski definition) is 6. The van der Waals surface area contributed by atoms with E-state index in [0.717, 1.165) is 35.3 Å². The van der Waals surface area contributed by atoms with Gasteiger partial charge in [0, 0.05) is 6.54 Å². The molecule has 0 aliphatic rings. The summed E-state index contributed by atoms with van der Waals surface area (Å²) in [6.45, 7) is 10.1. The lowest BCUT2D eigenvalue weighted by molar-refractivity contribution is -0.142. The van der Waals surface area contributed by atoms with E-state index < -0.39 is 48.7 Å². The highest BCUT2D eigenvalue weighted by Crippen LogP contribution is 2.26. The topological polar surface area (TPSA) is 132 Å². The predicted molar refractivity (Wildman–Crippen MR) is 129 cm³/mol. The number of aryl methyl sites for hydroxylation is 2. The normalized spacial score (nSPS) is 12.8. The third-order valence-corrected chi connectivity index (χ3v) is 5.06. The molecule has 188 valence electrons. The highest BCUT2D eigenvalue weighted by atomic mass is 16.6. The number of aliphatic hydroxyl groups is 1. The van der Waals surface area contributed by atoms with Crippen LogP contribution in [-0.2, 0) is 14.3 Å². The van der Waals surface area contributed by atoms with Crippen molar-refractivity contribution in [1.29, 1.82) is 5.26 Å². The quantitative estimate of drug-likeness (QED) is 0.334. The van der Waals surface area contributed by atoms with E-state index in [-0.39, 0.29) is 0 Å². The first-order valence-corrected chi connectivity index (χ1v) is 11.6. The van der Waals surface area contributed by atoms with E-state index in [1.54, 1.807) is 26.8 Å². The Labute approximate surface area is 202 Å². The van der Waals surface area contributed by atoms with Crippen molar-refractivity contribution >= 4 is 17.9 Å². The number of hydrogen-bond donors (Lipinski definition) is 3. The molecule has 0 spiro atoms. The van der Waals surface area contributed by atoms with Crippen LogP contribution in [0.3, 0.4) is 0 Å². The molecule has 0 fully saturated rings. The Morgan fingerprint density at radius 3 is 2.41 bits per heavy atom. The Kier molecular flexibility index (Phi) is 11.5. The number of amides is 3. The minimum atomic E-state index is -1.38. The number of aliphatic hydroxyl groups excluding tert-OH is 1. The molecule has 9 nitrogen and oxygen atoms in total. The van der Waals surface area contributed by atoms with Gasteiger partial charge in [0.2, 0.25) is 11.8 Å². The fraction of sp³-hybridized carbons (Fsp3) is 0.600. The van der Waals surface area contributed by atoms with Gasteiger partial charge in [-0.3, -0.25) is 9.59 Å². The number of nitrogens with one attached hydrogen (secondary N) is 2. The second-order valence-corrected chi connectivity index (χ2v) is 9.27. The predicted octanol–water partition coefficient (Wildman–Crippen LogP) is 2.89. The maximum atomic E-state index is 13.4. The van der Waals surface area contributed by atoms with E-state index in [4.69, 9.17) is 4.74 Å². The molecule has 0 aliphatic carbocycles. The summed E-state index contributed by atoms with van der Waals surface area (Å²) in [4.78, 5) is 40.0. The van der Waals surface area contributed by atoms with Gasteiger partial charge in [0.25, 0.3) is 0 Å². The molecule has 0 radical (unpaired) electrons. The molecule has 1 rings (SSSR count). The average molecular weight is 475 g/mol. The number of ether oxygens (including phenoxy) is 1. The second-order valence-electron chi connectivity index (χ2n) is 9.27. The third kappa shape index (κ3) is 9.02. The average Bonchev–Trinajstić information content (AvgIpc) is 2.74. The highest BCUT2D eigenvalue weighted by Gasteiger charge is 2.36. The fourth-order valence-electron chi connectivity index (χ4n) is 3.47. The van der Waals surface area contributed by atoms with Crippen LogP contribution in [0.4, 0.5) is 4.79 Å². The maximum Gasteiger partial charge on any atom is 0.408 e. The summed E-state index contributed by atoms with van der Waals surface area (Å²) in [6.07, 6.45) is 1.84. The third-order valence-electron chi connectivity index (χ3n) is 5.06. The van der Waals surface area contributed by atoms with Gasteiger partial charge in [-0.1, -0.05) is 43.5 Å². The number of benzene rings is 1. The Balaban J connectivity index is 3.33. The summed E-state index contributed by atoms with van der Waals surface area (Å²) >= 11 is 0. The van der Waals surface area contributed by atoms with Gasteiger partial charge >= 0.3 is 6.09 Å². The number of alkyl carbamates (subject to hydrolysis) is 1. The van der Waals surface area contributed by atoms with Crippen LogP contribution in [-0.4, -0.2) is 59.3 Å².